The van der Waals surface area contributed by atoms with E-state index in [9.17, 15) is 4.79 Å². The summed E-state index contributed by atoms with van der Waals surface area (Å²) in [4.78, 5) is 18.8. The zero-order valence-corrected chi connectivity index (χ0v) is 16.2. The van der Waals surface area contributed by atoms with E-state index in [4.69, 9.17) is 5.26 Å². The fourth-order valence-corrected chi connectivity index (χ4v) is 3.77. The Labute approximate surface area is 170 Å². The van der Waals surface area contributed by atoms with Crippen LogP contribution in [0.1, 0.15) is 24.0 Å². The third-order valence-corrected chi connectivity index (χ3v) is 5.47. The average molecular weight is 385 g/mol. The number of aromatic nitrogens is 3. The van der Waals surface area contributed by atoms with Gasteiger partial charge in [0, 0.05) is 37.1 Å². The lowest BCUT2D eigenvalue weighted by Gasteiger charge is -2.32. The van der Waals surface area contributed by atoms with Crippen LogP contribution < -0.4 is 5.56 Å². The molecule has 1 aliphatic heterocycles. The van der Waals surface area contributed by atoms with E-state index in [2.05, 4.69) is 21.1 Å². The Balaban J connectivity index is 1.36. The molecule has 0 atom stereocenters. The Morgan fingerprint density at radius 1 is 1.00 bits per heavy atom. The summed E-state index contributed by atoms with van der Waals surface area (Å²) < 4.78 is 1.61. The first kappa shape index (κ1) is 19.0. The summed E-state index contributed by atoms with van der Waals surface area (Å²) in [6.07, 6.45) is 5.56. The summed E-state index contributed by atoms with van der Waals surface area (Å²) in [5, 5.41) is 13.5. The van der Waals surface area contributed by atoms with E-state index in [-0.39, 0.29) is 5.56 Å². The lowest BCUT2D eigenvalue weighted by molar-refractivity contribution is 0.163. The van der Waals surface area contributed by atoms with Gasteiger partial charge in [0.25, 0.3) is 5.56 Å². The summed E-state index contributed by atoms with van der Waals surface area (Å²) >= 11 is 0. The highest BCUT2D eigenvalue weighted by Crippen LogP contribution is 2.21. The van der Waals surface area contributed by atoms with Crippen LogP contribution in [0.25, 0.3) is 11.3 Å². The summed E-state index contributed by atoms with van der Waals surface area (Å²) in [6, 6.07) is 17.1. The van der Waals surface area contributed by atoms with Crippen molar-refractivity contribution in [2.75, 3.05) is 13.1 Å². The quantitative estimate of drug-likeness (QED) is 0.675. The van der Waals surface area contributed by atoms with E-state index in [0.717, 1.165) is 43.7 Å². The minimum absolute atomic E-state index is 0.0529. The molecule has 0 N–H and O–H groups in total. The van der Waals surface area contributed by atoms with Crippen molar-refractivity contribution in [3.8, 4) is 17.3 Å². The Hall–Kier alpha value is -3.30. The van der Waals surface area contributed by atoms with Crippen molar-refractivity contribution in [1.82, 2.24) is 19.7 Å². The van der Waals surface area contributed by atoms with Gasteiger partial charge in [-0.1, -0.05) is 12.1 Å². The van der Waals surface area contributed by atoms with Crippen molar-refractivity contribution >= 4 is 0 Å². The smallest absolute Gasteiger partial charge is 0.266 e. The highest BCUT2D eigenvalue weighted by molar-refractivity contribution is 5.56. The molecule has 0 radical (unpaired) electrons. The lowest BCUT2D eigenvalue weighted by atomic mass is 9.96. The number of benzene rings is 1. The number of pyridine rings is 1. The number of nitriles is 1. The van der Waals surface area contributed by atoms with Gasteiger partial charge in [0.05, 0.1) is 17.3 Å². The van der Waals surface area contributed by atoms with Crippen LogP contribution in [0.5, 0.6) is 0 Å². The summed E-state index contributed by atoms with van der Waals surface area (Å²) in [5.41, 5.74) is 3.63. The molecule has 0 spiro atoms. The number of hydrogen-bond donors (Lipinski definition) is 0. The van der Waals surface area contributed by atoms with Crippen LogP contribution in [0.2, 0.25) is 0 Å². The van der Waals surface area contributed by atoms with Gasteiger partial charge in [0.1, 0.15) is 0 Å². The Morgan fingerprint density at radius 2 is 1.72 bits per heavy atom. The maximum atomic E-state index is 12.3. The Bertz CT molecular complexity index is 1050. The minimum Gasteiger partial charge on any atom is -0.299 e. The molecule has 1 saturated heterocycles. The topological polar surface area (TPSA) is 74.8 Å². The van der Waals surface area contributed by atoms with Gasteiger partial charge < -0.3 is 0 Å². The molecule has 1 fully saturated rings. The number of hydrogen-bond acceptors (Lipinski definition) is 5. The van der Waals surface area contributed by atoms with Crippen molar-refractivity contribution in [3.05, 3.63) is 82.4 Å². The van der Waals surface area contributed by atoms with E-state index >= 15 is 0 Å². The lowest BCUT2D eigenvalue weighted by Crippen LogP contribution is -2.36. The standard InChI is InChI=1S/C23H23N5O/c24-15-18-1-3-19(4-2-18)16-27-13-9-20(10-14-27)17-28-23(29)6-5-22(26-28)21-7-11-25-12-8-21/h1-8,11-12,20H,9-10,13-14,16-17H2. The second-order valence-electron chi connectivity index (χ2n) is 7.50. The van der Waals surface area contributed by atoms with Crippen molar-refractivity contribution in [2.24, 2.45) is 5.92 Å². The zero-order chi connectivity index (χ0) is 20.1. The predicted molar refractivity (Wildman–Crippen MR) is 111 cm³/mol. The van der Waals surface area contributed by atoms with E-state index in [0.29, 0.717) is 18.0 Å². The highest BCUT2D eigenvalue weighted by atomic mass is 16.1. The molecule has 0 saturated carbocycles. The molecule has 1 aromatic carbocycles. The molecule has 2 aromatic heterocycles. The molecule has 0 unspecified atom stereocenters. The molecule has 6 heteroatoms. The number of piperidine rings is 1. The van der Waals surface area contributed by atoms with Gasteiger partial charge in [-0.3, -0.25) is 14.7 Å². The van der Waals surface area contributed by atoms with Gasteiger partial charge in [0.15, 0.2) is 0 Å². The van der Waals surface area contributed by atoms with E-state index < -0.39 is 0 Å². The molecule has 3 heterocycles. The average Bonchev–Trinajstić information content (AvgIpc) is 2.78. The predicted octanol–water partition coefficient (Wildman–Crippen LogP) is 3.09. The third kappa shape index (κ3) is 4.76. The first-order valence-electron chi connectivity index (χ1n) is 9.91. The third-order valence-electron chi connectivity index (χ3n) is 5.47. The van der Waals surface area contributed by atoms with E-state index in [1.165, 1.54) is 5.56 Å². The van der Waals surface area contributed by atoms with Crippen LogP contribution in [0.3, 0.4) is 0 Å². The number of nitrogens with zero attached hydrogens (tertiary/aromatic N) is 5. The Kier molecular flexibility index (Phi) is 5.78. The van der Waals surface area contributed by atoms with Gasteiger partial charge >= 0.3 is 0 Å². The normalized spacial score (nSPS) is 15.1. The van der Waals surface area contributed by atoms with Gasteiger partial charge in [-0.2, -0.15) is 10.4 Å². The van der Waals surface area contributed by atoms with Crippen LogP contribution >= 0.6 is 0 Å². The van der Waals surface area contributed by atoms with Crippen LogP contribution in [0.4, 0.5) is 0 Å². The first-order chi connectivity index (χ1) is 14.2. The maximum absolute atomic E-state index is 12.3. The van der Waals surface area contributed by atoms with Gasteiger partial charge in [0.2, 0.25) is 0 Å². The van der Waals surface area contributed by atoms with Crippen molar-refractivity contribution in [2.45, 2.75) is 25.9 Å². The molecule has 0 aliphatic carbocycles. The summed E-state index contributed by atoms with van der Waals surface area (Å²) in [7, 11) is 0. The van der Waals surface area contributed by atoms with Gasteiger partial charge in [-0.25, -0.2) is 4.68 Å². The fraction of sp³-hybridized carbons (Fsp3) is 0.304. The molecular weight excluding hydrogens is 362 g/mol. The molecule has 0 bridgehead atoms. The molecule has 0 amide bonds. The second kappa shape index (κ2) is 8.80. The molecule has 3 aromatic rings. The molecule has 146 valence electrons. The Morgan fingerprint density at radius 3 is 2.41 bits per heavy atom. The van der Waals surface area contributed by atoms with Crippen LogP contribution in [-0.4, -0.2) is 32.8 Å². The zero-order valence-electron chi connectivity index (χ0n) is 16.2. The SMILES string of the molecule is N#Cc1ccc(CN2CCC(Cn3nc(-c4ccncc4)ccc3=O)CC2)cc1. The highest BCUT2D eigenvalue weighted by Gasteiger charge is 2.20. The van der Waals surface area contributed by atoms with E-state index in [1.807, 2.05) is 36.4 Å². The largest absolute Gasteiger partial charge is 0.299 e. The van der Waals surface area contributed by atoms with Crippen molar-refractivity contribution in [1.29, 1.82) is 5.26 Å². The van der Waals surface area contributed by atoms with Gasteiger partial charge in [-0.05, 0) is 67.7 Å². The van der Waals surface area contributed by atoms with Crippen LogP contribution in [0.15, 0.2) is 65.7 Å². The number of likely N-dealkylation sites (tertiary alicyclic amines) is 1. The first-order valence-corrected chi connectivity index (χ1v) is 9.91. The van der Waals surface area contributed by atoms with Crippen LogP contribution in [0, 0.1) is 17.2 Å². The summed E-state index contributed by atoms with van der Waals surface area (Å²) in [5.74, 6) is 0.449. The monoisotopic (exact) mass is 385 g/mol. The molecule has 6 nitrogen and oxygen atoms in total. The second-order valence-corrected chi connectivity index (χ2v) is 7.50. The minimum atomic E-state index is -0.0529. The molecule has 4 rings (SSSR count). The molecular formula is C23H23N5O. The van der Waals surface area contributed by atoms with E-state index in [1.54, 1.807) is 29.2 Å². The molecule has 1 aliphatic rings. The number of rotatable bonds is 5. The summed E-state index contributed by atoms with van der Waals surface area (Å²) in [6.45, 7) is 3.56. The fourth-order valence-electron chi connectivity index (χ4n) is 3.77. The van der Waals surface area contributed by atoms with Gasteiger partial charge in [-0.15, -0.1) is 0 Å². The van der Waals surface area contributed by atoms with Crippen molar-refractivity contribution < 1.29 is 0 Å². The van der Waals surface area contributed by atoms with Crippen molar-refractivity contribution in [3.63, 3.8) is 0 Å². The van der Waals surface area contributed by atoms with Crippen LogP contribution in [-0.2, 0) is 13.1 Å². The molecule has 29 heavy (non-hydrogen) atoms. The maximum Gasteiger partial charge on any atom is 0.266 e.